The first-order valence-corrected chi connectivity index (χ1v) is 13.8. The molecule has 4 bridgehead atoms. The minimum Gasteiger partial charge on any atom is -0.390 e. The Labute approximate surface area is 215 Å². The smallest absolute Gasteiger partial charge is 0.314 e. The van der Waals surface area contributed by atoms with E-state index < -0.39 is 17.4 Å². The van der Waals surface area contributed by atoms with Crippen LogP contribution in [0.5, 0.6) is 0 Å². The number of likely N-dealkylation sites (tertiary alicyclic amines) is 1. The number of hydrogen-bond donors (Lipinski definition) is 4. The summed E-state index contributed by atoms with van der Waals surface area (Å²) in [5.41, 5.74) is 1.08. The van der Waals surface area contributed by atoms with Crippen LogP contribution in [0.3, 0.4) is 0 Å². The number of anilines is 1. The van der Waals surface area contributed by atoms with Crippen molar-refractivity contribution in [3.05, 3.63) is 18.5 Å². The van der Waals surface area contributed by atoms with Crippen molar-refractivity contribution < 1.29 is 14.7 Å². The number of hydrogen-bond acceptors (Lipinski definition) is 6. The van der Waals surface area contributed by atoms with Gasteiger partial charge in [0.2, 0.25) is 0 Å². The van der Waals surface area contributed by atoms with Gasteiger partial charge >= 0.3 is 11.8 Å². The van der Waals surface area contributed by atoms with Crippen LogP contribution in [-0.4, -0.2) is 73.3 Å². The van der Waals surface area contributed by atoms with Crippen LogP contribution in [0.15, 0.2) is 18.5 Å². The molecule has 0 spiro atoms. The van der Waals surface area contributed by atoms with Crippen molar-refractivity contribution in [1.82, 2.24) is 30.0 Å². The van der Waals surface area contributed by atoms with Crippen molar-refractivity contribution in [1.29, 1.82) is 0 Å². The third-order valence-electron chi connectivity index (χ3n) is 9.34. The van der Waals surface area contributed by atoms with Crippen LogP contribution in [0.1, 0.15) is 57.4 Å². The highest BCUT2D eigenvalue weighted by atomic mass is 16.3. The van der Waals surface area contributed by atoms with Gasteiger partial charge in [-0.2, -0.15) is 0 Å². The van der Waals surface area contributed by atoms with Gasteiger partial charge in [-0.3, -0.25) is 19.4 Å². The summed E-state index contributed by atoms with van der Waals surface area (Å²) in [5, 5.41) is 21.9. The molecule has 37 heavy (non-hydrogen) atoms. The highest BCUT2D eigenvalue weighted by molar-refractivity contribution is 6.40. The van der Waals surface area contributed by atoms with Crippen molar-refractivity contribution in [2.75, 3.05) is 31.5 Å². The molecule has 5 aliphatic rings. The molecule has 5 atom stereocenters. The Morgan fingerprint density at radius 3 is 2.59 bits per heavy atom. The lowest BCUT2D eigenvalue weighted by Crippen LogP contribution is -2.55. The van der Waals surface area contributed by atoms with Crippen molar-refractivity contribution in [2.45, 2.75) is 63.0 Å². The van der Waals surface area contributed by atoms with E-state index in [2.05, 4.69) is 35.3 Å². The number of amides is 2. The lowest BCUT2D eigenvalue weighted by atomic mass is 9.52. The molecule has 1 saturated heterocycles. The summed E-state index contributed by atoms with van der Waals surface area (Å²) >= 11 is 0. The zero-order valence-corrected chi connectivity index (χ0v) is 21.1. The number of carbonyl (C=O) groups is 2. The molecular formula is C27H35N7O3. The van der Waals surface area contributed by atoms with E-state index >= 15 is 0 Å². The number of carbonyl (C=O) groups excluding carboxylic acids is 2. The summed E-state index contributed by atoms with van der Waals surface area (Å²) in [6.45, 7) is 3.31. The monoisotopic (exact) mass is 505 g/mol. The number of H-pyrrole nitrogens is 1. The Bertz CT molecular complexity index is 1340. The summed E-state index contributed by atoms with van der Waals surface area (Å²) in [6, 6.07) is 2.15. The highest BCUT2D eigenvalue weighted by Crippen LogP contribution is 2.60. The Balaban J connectivity index is 1.15. The van der Waals surface area contributed by atoms with Gasteiger partial charge in [-0.15, -0.1) is 0 Å². The van der Waals surface area contributed by atoms with Crippen molar-refractivity contribution in [3.8, 4) is 0 Å². The van der Waals surface area contributed by atoms with E-state index in [1.54, 1.807) is 12.4 Å². The van der Waals surface area contributed by atoms with Gasteiger partial charge < -0.3 is 20.6 Å². The van der Waals surface area contributed by atoms with Gasteiger partial charge in [-0.25, -0.2) is 9.97 Å². The number of nitrogens with one attached hydrogen (secondary N) is 3. The van der Waals surface area contributed by atoms with Crippen LogP contribution in [0.4, 0.5) is 5.82 Å². The molecule has 4 N–H and O–H groups in total. The van der Waals surface area contributed by atoms with Gasteiger partial charge in [0.25, 0.3) is 0 Å². The molecular weight excluding hydrogens is 470 g/mol. The fraction of sp³-hybridized carbons (Fsp3) is 0.630. The third kappa shape index (κ3) is 4.01. The topological polar surface area (TPSA) is 128 Å². The zero-order chi connectivity index (χ0) is 25.1. The minimum absolute atomic E-state index is 0.198. The van der Waals surface area contributed by atoms with Crippen LogP contribution in [0.25, 0.3) is 21.9 Å². The Morgan fingerprint density at radius 2 is 1.84 bits per heavy atom. The fourth-order valence-corrected chi connectivity index (χ4v) is 8.08. The normalized spacial score (nSPS) is 31.3. The molecule has 5 fully saturated rings. The summed E-state index contributed by atoms with van der Waals surface area (Å²) in [5.74, 6) is 0.498. The largest absolute Gasteiger partial charge is 0.390 e. The maximum atomic E-state index is 12.9. The van der Waals surface area contributed by atoms with E-state index in [0.29, 0.717) is 35.8 Å². The van der Waals surface area contributed by atoms with E-state index in [4.69, 9.17) is 0 Å². The number of fused-ring (bicyclic) bond motifs is 3. The lowest BCUT2D eigenvalue weighted by Gasteiger charge is -2.58. The summed E-state index contributed by atoms with van der Waals surface area (Å²) in [7, 11) is 0. The first-order chi connectivity index (χ1) is 18.0. The molecule has 1 aliphatic heterocycles. The lowest BCUT2D eigenvalue weighted by molar-refractivity contribution is -0.148. The minimum atomic E-state index is -0.686. The maximum absolute atomic E-state index is 12.9. The van der Waals surface area contributed by atoms with E-state index in [-0.39, 0.29) is 6.04 Å². The van der Waals surface area contributed by atoms with Crippen molar-refractivity contribution in [2.24, 2.45) is 17.8 Å². The number of pyridine rings is 1. The number of piperidine rings is 1. The van der Waals surface area contributed by atoms with E-state index in [0.717, 1.165) is 68.0 Å². The molecule has 3 aromatic heterocycles. The fourth-order valence-electron chi connectivity index (χ4n) is 8.08. The molecule has 8 rings (SSSR count). The molecule has 0 aromatic carbocycles. The molecule has 3 aromatic rings. The molecule has 2 amide bonds. The average Bonchev–Trinajstić information content (AvgIpc) is 3.48. The molecule has 10 heteroatoms. The summed E-state index contributed by atoms with van der Waals surface area (Å²) in [4.78, 5) is 36.7. The average molecular weight is 506 g/mol. The second-order valence-corrected chi connectivity index (χ2v) is 11.9. The molecule has 0 radical (unpaired) electrons. The second-order valence-electron chi connectivity index (χ2n) is 11.9. The number of aromatic amines is 1. The van der Waals surface area contributed by atoms with Gasteiger partial charge in [0.1, 0.15) is 5.82 Å². The van der Waals surface area contributed by atoms with Crippen molar-refractivity contribution >= 4 is 39.6 Å². The predicted octanol–water partition coefficient (Wildman–Crippen LogP) is 2.57. The van der Waals surface area contributed by atoms with Gasteiger partial charge in [-0.1, -0.05) is 6.42 Å². The zero-order valence-electron chi connectivity index (χ0n) is 21.1. The molecule has 3 unspecified atom stereocenters. The Kier molecular flexibility index (Phi) is 5.51. The predicted molar refractivity (Wildman–Crippen MR) is 139 cm³/mol. The van der Waals surface area contributed by atoms with Crippen LogP contribution < -0.4 is 10.6 Å². The van der Waals surface area contributed by atoms with Crippen LogP contribution in [0.2, 0.25) is 0 Å². The molecule has 4 saturated carbocycles. The standard InChI is InChI=1S/C27H35N7O3/c35-25(29-6-9-33-7-2-1-3-8-33)26(36)31-24-20-15-30-23-19(4-5-28-23)22(20)34(32-24)21-17-10-16-11-18(21)14-27(37,12-16)13-17/h4-5,15-18,21,32,37H,1-3,6-14H2,(H,29,35)(H,31,36)/t16?,17-,18+,21?,27?. The van der Waals surface area contributed by atoms with E-state index in [1.165, 1.54) is 19.3 Å². The van der Waals surface area contributed by atoms with Crippen LogP contribution >= 0.6 is 0 Å². The molecule has 4 heterocycles. The highest BCUT2D eigenvalue weighted by Gasteiger charge is 2.55. The van der Waals surface area contributed by atoms with Crippen LogP contribution in [-0.2, 0) is 9.59 Å². The number of nitrogens with zero attached hydrogens (tertiary/aromatic N) is 4. The van der Waals surface area contributed by atoms with Crippen molar-refractivity contribution in [3.63, 3.8) is 0 Å². The van der Waals surface area contributed by atoms with Gasteiger partial charge in [0.05, 0.1) is 22.5 Å². The summed E-state index contributed by atoms with van der Waals surface area (Å²) < 4.78 is 2.18. The number of aliphatic hydroxyl groups is 1. The van der Waals surface area contributed by atoms with E-state index in [1.807, 2.05) is 6.07 Å². The van der Waals surface area contributed by atoms with Gasteiger partial charge in [0.15, 0.2) is 5.65 Å². The molecule has 4 aliphatic carbocycles. The van der Waals surface area contributed by atoms with E-state index in [9.17, 15) is 14.7 Å². The molecule has 10 nitrogen and oxygen atoms in total. The quantitative estimate of drug-likeness (QED) is 0.395. The molecule has 196 valence electrons. The maximum Gasteiger partial charge on any atom is 0.314 e. The summed E-state index contributed by atoms with van der Waals surface area (Å²) in [6.07, 6.45) is 11.9. The van der Waals surface area contributed by atoms with Gasteiger partial charge in [0, 0.05) is 30.9 Å². The SMILES string of the molecule is O=C(NCCN1CCCCC1)C(=O)Nc1[nH]n(C2[C@@H]3CC4C[C@H]2CC(O)(C4)C3)c2c1cnc1nccc12. The van der Waals surface area contributed by atoms with Crippen LogP contribution in [0, 0.1) is 17.8 Å². The Hall–Kier alpha value is -2.98. The second kappa shape index (κ2) is 8.80. The Morgan fingerprint density at radius 1 is 1.05 bits per heavy atom. The first kappa shape index (κ1) is 23.2. The third-order valence-corrected chi connectivity index (χ3v) is 9.34. The van der Waals surface area contributed by atoms with Gasteiger partial charge in [-0.05, 0) is 81.9 Å². The first-order valence-electron chi connectivity index (χ1n) is 13.8. The number of rotatable bonds is 5. The number of aromatic nitrogens is 4.